The van der Waals surface area contributed by atoms with Crippen LogP contribution in [-0.2, 0) is 11.2 Å². The Balaban J connectivity index is 2.29. The number of nitrogens with one attached hydrogen (secondary N) is 1. The van der Waals surface area contributed by atoms with Gasteiger partial charge in [0.1, 0.15) is 0 Å². The highest BCUT2D eigenvalue weighted by atomic mass is 16.5. The SMILES string of the molecule is CCCc1cccc(C(NN)C2(OCC)CCCCC2)c1. The van der Waals surface area contributed by atoms with Gasteiger partial charge >= 0.3 is 0 Å². The van der Waals surface area contributed by atoms with Gasteiger partial charge in [0.25, 0.3) is 0 Å². The van der Waals surface area contributed by atoms with E-state index < -0.39 is 0 Å². The van der Waals surface area contributed by atoms with Crippen molar-refractivity contribution in [2.75, 3.05) is 6.61 Å². The fraction of sp³-hybridized carbons (Fsp3) is 0.667. The summed E-state index contributed by atoms with van der Waals surface area (Å²) in [5.41, 5.74) is 5.56. The van der Waals surface area contributed by atoms with Crippen molar-refractivity contribution in [1.29, 1.82) is 0 Å². The Morgan fingerprint density at radius 1 is 1.24 bits per heavy atom. The maximum atomic E-state index is 6.24. The van der Waals surface area contributed by atoms with Gasteiger partial charge in [0.2, 0.25) is 0 Å². The number of aryl methyl sites for hydroxylation is 1. The fourth-order valence-corrected chi connectivity index (χ4v) is 3.72. The zero-order valence-corrected chi connectivity index (χ0v) is 13.5. The quantitative estimate of drug-likeness (QED) is 0.592. The zero-order chi connectivity index (χ0) is 15.1. The Morgan fingerprint density at radius 3 is 2.62 bits per heavy atom. The standard InChI is InChI=1S/C18H30N2O/c1-3-9-15-10-8-11-16(14-15)17(20-19)18(21-4-2)12-6-5-7-13-18/h8,10-11,14,17,20H,3-7,9,12-13,19H2,1-2H3. The molecule has 0 spiro atoms. The average molecular weight is 290 g/mol. The van der Waals surface area contributed by atoms with Crippen LogP contribution >= 0.6 is 0 Å². The van der Waals surface area contributed by atoms with Crippen LogP contribution in [0.4, 0.5) is 0 Å². The zero-order valence-electron chi connectivity index (χ0n) is 13.5. The number of benzene rings is 1. The topological polar surface area (TPSA) is 47.3 Å². The predicted octanol–water partition coefficient (Wildman–Crippen LogP) is 3.88. The Bertz CT molecular complexity index is 421. The summed E-state index contributed by atoms with van der Waals surface area (Å²) in [5.74, 6) is 5.95. The highest BCUT2D eigenvalue weighted by molar-refractivity contribution is 5.28. The van der Waals surface area contributed by atoms with Gasteiger partial charge in [-0.1, -0.05) is 56.9 Å². The number of nitrogens with two attached hydrogens (primary N) is 1. The van der Waals surface area contributed by atoms with Gasteiger partial charge in [-0.05, 0) is 37.3 Å². The highest BCUT2D eigenvalue weighted by Gasteiger charge is 2.41. The molecule has 3 heteroatoms. The van der Waals surface area contributed by atoms with Gasteiger partial charge < -0.3 is 4.74 Å². The Labute approximate surface area is 129 Å². The van der Waals surface area contributed by atoms with Crippen molar-refractivity contribution in [3.05, 3.63) is 35.4 Å². The van der Waals surface area contributed by atoms with Crippen LogP contribution < -0.4 is 11.3 Å². The molecular formula is C18H30N2O. The normalized spacial score (nSPS) is 19.4. The van der Waals surface area contributed by atoms with E-state index >= 15 is 0 Å². The molecule has 0 radical (unpaired) electrons. The summed E-state index contributed by atoms with van der Waals surface area (Å²) in [7, 11) is 0. The summed E-state index contributed by atoms with van der Waals surface area (Å²) >= 11 is 0. The van der Waals surface area contributed by atoms with Gasteiger partial charge in [-0.25, -0.2) is 0 Å². The summed E-state index contributed by atoms with van der Waals surface area (Å²) in [6.45, 7) is 5.04. The molecule has 1 aliphatic carbocycles. The van der Waals surface area contributed by atoms with E-state index in [0.717, 1.165) is 25.9 Å². The van der Waals surface area contributed by atoms with Crippen LogP contribution in [0, 0.1) is 0 Å². The molecule has 1 atom stereocenters. The molecule has 0 aromatic heterocycles. The second-order valence-electron chi connectivity index (χ2n) is 6.15. The van der Waals surface area contributed by atoms with E-state index in [0.29, 0.717) is 0 Å². The third-order valence-corrected chi connectivity index (χ3v) is 4.65. The summed E-state index contributed by atoms with van der Waals surface area (Å²) in [6, 6.07) is 8.90. The lowest BCUT2D eigenvalue weighted by Gasteiger charge is -2.43. The lowest BCUT2D eigenvalue weighted by molar-refractivity contribution is -0.0913. The summed E-state index contributed by atoms with van der Waals surface area (Å²) < 4.78 is 6.24. The van der Waals surface area contributed by atoms with Gasteiger partial charge in [-0.2, -0.15) is 0 Å². The molecule has 1 unspecified atom stereocenters. The Kier molecular flexibility index (Phi) is 6.22. The van der Waals surface area contributed by atoms with Crippen LogP contribution in [0.5, 0.6) is 0 Å². The molecule has 3 N–H and O–H groups in total. The van der Waals surface area contributed by atoms with Gasteiger partial charge in [0.05, 0.1) is 11.6 Å². The van der Waals surface area contributed by atoms with E-state index in [1.54, 1.807) is 0 Å². The van der Waals surface area contributed by atoms with E-state index in [1.807, 2.05) is 0 Å². The van der Waals surface area contributed by atoms with E-state index in [2.05, 4.69) is 43.5 Å². The number of ether oxygens (including phenoxy) is 1. The van der Waals surface area contributed by atoms with Crippen molar-refractivity contribution >= 4 is 0 Å². The summed E-state index contributed by atoms with van der Waals surface area (Å²) in [5, 5.41) is 0. The molecule has 1 aliphatic rings. The Morgan fingerprint density at radius 2 is 2.00 bits per heavy atom. The van der Waals surface area contributed by atoms with Gasteiger partial charge in [0.15, 0.2) is 0 Å². The van der Waals surface area contributed by atoms with Crippen molar-refractivity contribution in [3.63, 3.8) is 0 Å². The van der Waals surface area contributed by atoms with E-state index in [9.17, 15) is 0 Å². The summed E-state index contributed by atoms with van der Waals surface area (Å²) in [4.78, 5) is 0. The van der Waals surface area contributed by atoms with Crippen molar-refractivity contribution in [2.24, 2.45) is 5.84 Å². The first-order chi connectivity index (χ1) is 10.3. The first-order valence-electron chi connectivity index (χ1n) is 8.44. The highest BCUT2D eigenvalue weighted by Crippen LogP contribution is 2.41. The third-order valence-electron chi connectivity index (χ3n) is 4.65. The molecule has 21 heavy (non-hydrogen) atoms. The van der Waals surface area contributed by atoms with E-state index in [1.165, 1.54) is 36.8 Å². The second kappa shape index (κ2) is 7.92. The minimum atomic E-state index is -0.146. The van der Waals surface area contributed by atoms with Crippen molar-refractivity contribution in [3.8, 4) is 0 Å². The molecular weight excluding hydrogens is 260 g/mol. The largest absolute Gasteiger partial charge is 0.373 e. The molecule has 1 saturated carbocycles. The number of hydrogen-bond acceptors (Lipinski definition) is 3. The molecule has 118 valence electrons. The third kappa shape index (κ3) is 3.85. The van der Waals surface area contributed by atoms with Crippen LogP contribution in [0.3, 0.4) is 0 Å². The van der Waals surface area contributed by atoms with Gasteiger partial charge in [-0.3, -0.25) is 11.3 Å². The minimum Gasteiger partial charge on any atom is -0.373 e. The van der Waals surface area contributed by atoms with Gasteiger partial charge in [0, 0.05) is 6.61 Å². The van der Waals surface area contributed by atoms with Crippen LogP contribution in [0.25, 0.3) is 0 Å². The monoisotopic (exact) mass is 290 g/mol. The lowest BCUT2D eigenvalue weighted by atomic mass is 9.76. The van der Waals surface area contributed by atoms with Crippen LogP contribution in [0.15, 0.2) is 24.3 Å². The molecule has 2 rings (SSSR count). The minimum absolute atomic E-state index is 0.0783. The number of hydrogen-bond donors (Lipinski definition) is 2. The molecule has 3 nitrogen and oxygen atoms in total. The van der Waals surface area contributed by atoms with E-state index in [4.69, 9.17) is 10.6 Å². The molecule has 0 bridgehead atoms. The van der Waals surface area contributed by atoms with Crippen molar-refractivity contribution < 1.29 is 4.74 Å². The lowest BCUT2D eigenvalue weighted by Crippen LogP contribution is -2.49. The Hall–Kier alpha value is -0.900. The first-order valence-corrected chi connectivity index (χ1v) is 8.44. The first kappa shape index (κ1) is 16.5. The number of hydrazine groups is 1. The smallest absolute Gasteiger partial charge is 0.0889 e. The second-order valence-corrected chi connectivity index (χ2v) is 6.15. The van der Waals surface area contributed by atoms with Crippen LogP contribution in [0.2, 0.25) is 0 Å². The average Bonchev–Trinajstić information content (AvgIpc) is 2.50. The predicted molar refractivity (Wildman–Crippen MR) is 87.9 cm³/mol. The van der Waals surface area contributed by atoms with Gasteiger partial charge in [-0.15, -0.1) is 0 Å². The molecule has 1 aromatic carbocycles. The molecule has 0 heterocycles. The van der Waals surface area contributed by atoms with E-state index in [-0.39, 0.29) is 11.6 Å². The number of rotatable bonds is 7. The maximum absolute atomic E-state index is 6.24. The fourth-order valence-electron chi connectivity index (χ4n) is 3.72. The summed E-state index contributed by atoms with van der Waals surface area (Å²) in [6.07, 6.45) is 8.23. The van der Waals surface area contributed by atoms with Crippen molar-refractivity contribution in [2.45, 2.75) is 70.4 Å². The molecule has 0 aliphatic heterocycles. The molecule has 1 aromatic rings. The van der Waals surface area contributed by atoms with Crippen molar-refractivity contribution in [1.82, 2.24) is 5.43 Å². The maximum Gasteiger partial charge on any atom is 0.0889 e. The molecule has 0 amide bonds. The molecule has 1 fully saturated rings. The molecule has 0 saturated heterocycles. The van der Waals surface area contributed by atoms with Crippen LogP contribution in [-0.4, -0.2) is 12.2 Å². The van der Waals surface area contributed by atoms with Crippen LogP contribution in [0.1, 0.15) is 69.5 Å².